The Morgan fingerprint density at radius 2 is 2.10 bits per heavy atom. The van der Waals surface area contributed by atoms with Crippen molar-refractivity contribution in [1.29, 1.82) is 0 Å². The first-order chi connectivity index (χ1) is 15.1. The van der Waals surface area contributed by atoms with E-state index in [1.165, 1.54) is 18.3 Å². The number of carbonyl (C=O) groups is 1. The van der Waals surface area contributed by atoms with Gasteiger partial charge in [0.1, 0.15) is 11.9 Å². The van der Waals surface area contributed by atoms with Crippen molar-refractivity contribution in [2.75, 3.05) is 22.1 Å². The molecule has 0 spiro atoms. The van der Waals surface area contributed by atoms with E-state index in [2.05, 4.69) is 25.8 Å². The number of anilines is 4. The Labute approximate surface area is 177 Å². The molecule has 1 aliphatic carbocycles. The zero-order valence-corrected chi connectivity index (χ0v) is 16.7. The second-order valence-corrected chi connectivity index (χ2v) is 7.66. The van der Waals surface area contributed by atoms with Crippen molar-refractivity contribution in [2.45, 2.75) is 38.1 Å². The average molecular weight is 422 g/mol. The van der Waals surface area contributed by atoms with Crippen LogP contribution >= 0.6 is 0 Å². The molecule has 3 aromatic rings. The third-order valence-electron chi connectivity index (χ3n) is 5.56. The van der Waals surface area contributed by atoms with Crippen LogP contribution < -0.4 is 15.5 Å². The van der Waals surface area contributed by atoms with Crippen molar-refractivity contribution in [3.8, 4) is 11.8 Å². The van der Waals surface area contributed by atoms with Gasteiger partial charge in [-0.05, 0) is 38.2 Å². The normalized spacial score (nSPS) is 17.5. The number of pyridine rings is 1. The molecule has 4 heterocycles. The number of fused-ring (bicyclic) bond motifs is 1. The van der Waals surface area contributed by atoms with Gasteiger partial charge in [0, 0.05) is 24.2 Å². The van der Waals surface area contributed by atoms with E-state index < -0.39 is 6.04 Å². The summed E-state index contributed by atoms with van der Waals surface area (Å²) >= 11 is 0. The molecule has 5 rings (SSSR count). The van der Waals surface area contributed by atoms with Gasteiger partial charge in [-0.15, -0.1) is 0 Å². The van der Waals surface area contributed by atoms with Crippen LogP contribution in [-0.2, 0) is 17.6 Å². The highest BCUT2D eigenvalue weighted by molar-refractivity contribution is 5.97. The molecular formula is C20H22N8O3. The van der Waals surface area contributed by atoms with Gasteiger partial charge in [-0.25, -0.2) is 15.1 Å². The quantitative estimate of drug-likeness (QED) is 0.415. The van der Waals surface area contributed by atoms with Crippen molar-refractivity contribution >= 4 is 29.2 Å². The molecule has 1 amide bonds. The Morgan fingerprint density at radius 3 is 2.87 bits per heavy atom. The standard InChI is InChI=1S/C20H22N8O3/c29-16-7-6-11(10-21-16)22-19(31)14-5-2-8-28(14)20-23-13-4-1-3-12(13)18(25-20)24-15-9-17(30)27-26-15/h6-7,9-10,14H,1-5,8H2,(H,21,29)(H,22,31)(H3,23,24,25,26,27,30)/t14-/m0/s1. The molecule has 11 nitrogen and oxygen atoms in total. The highest BCUT2D eigenvalue weighted by Crippen LogP contribution is 2.33. The zero-order chi connectivity index (χ0) is 21.4. The maximum absolute atomic E-state index is 12.9. The monoisotopic (exact) mass is 422 g/mol. The van der Waals surface area contributed by atoms with Gasteiger partial charge in [0.25, 0.3) is 0 Å². The summed E-state index contributed by atoms with van der Waals surface area (Å²) in [7, 11) is 0. The van der Waals surface area contributed by atoms with Crippen molar-refractivity contribution in [3.63, 3.8) is 0 Å². The van der Waals surface area contributed by atoms with Crippen LogP contribution in [0, 0.1) is 0 Å². The number of hydrogen-bond donors (Lipinski definition) is 5. The molecule has 160 valence electrons. The van der Waals surface area contributed by atoms with Gasteiger partial charge in [0.05, 0.1) is 17.6 Å². The maximum Gasteiger partial charge on any atom is 0.247 e. The van der Waals surface area contributed by atoms with Crippen molar-refractivity contribution in [1.82, 2.24) is 25.1 Å². The second-order valence-electron chi connectivity index (χ2n) is 7.66. The summed E-state index contributed by atoms with van der Waals surface area (Å²) in [5.41, 5.74) is 2.54. The molecule has 0 unspecified atom stereocenters. The number of aromatic amines is 1. The molecule has 0 aromatic carbocycles. The molecule has 5 N–H and O–H groups in total. The minimum absolute atomic E-state index is 0.0339. The second kappa shape index (κ2) is 7.74. The molecule has 3 aromatic heterocycles. The fourth-order valence-corrected chi connectivity index (χ4v) is 4.11. The summed E-state index contributed by atoms with van der Waals surface area (Å²) < 4.78 is 0. The van der Waals surface area contributed by atoms with E-state index >= 15 is 0 Å². The number of aromatic nitrogens is 5. The fourth-order valence-electron chi connectivity index (χ4n) is 4.11. The summed E-state index contributed by atoms with van der Waals surface area (Å²) in [6.45, 7) is 0.674. The lowest BCUT2D eigenvalue weighted by Crippen LogP contribution is -2.40. The van der Waals surface area contributed by atoms with E-state index in [4.69, 9.17) is 9.97 Å². The lowest BCUT2D eigenvalue weighted by molar-refractivity contribution is -0.117. The van der Waals surface area contributed by atoms with Crippen molar-refractivity contribution < 1.29 is 15.0 Å². The van der Waals surface area contributed by atoms with Crippen molar-refractivity contribution in [2.24, 2.45) is 0 Å². The molecular weight excluding hydrogens is 400 g/mol. The number of H-pyrrole nitrogens is 1. The first-order valence-corrected chi connectivity index (χ1v) is 10.2. The highest BCUT2D eigenvalue weighted by atomic mass is 16.3. The van der Waals surface area contributed by atoms with Gasteiger partial charge in [0.2, 0.25) is 23.6 Å². The lowest BCUT2D eigenvalue weighted by Gasteiger charge is -2.25. The van der Waals surface area contributed by atoms with Crippen LogP contribution in [0.4, 0.5) is 23.3 Å². The number of aromatic hydroxyl groups is 2. The summed E-state index contributed by atoms with van der Waals surface area (Å²) in [5, 5.41) is 31.4. The van der Waals surface area contributed by atoms with Crippen LogP contribution in [0.25, 0.3) is 0 Å². The van der Waals surface area contributed by atoms with Crippen LogP contribution in [0.15, 0.2) is 24.4 Å². The molecule has 0 saturated carbocycles. The number of rotatable bonds is 5. The zero-order valence-electron chi connectivity index (χ0n) is 16.7. The smallest absolute Gasteiger partial charge is 0.247 e. The van der Waals surface area contributed by atoms with E-state index in [9.17, 15) is 15.0 Å². The Balaban J connectivity index is 1.41. The van der Waals surface area contributed by atoms with Gasteiger partial charge in [-0.2, -0.15) is 10.1 Å². The number of aryl methyl sites for hydroxylation is 1. The number of amides is 1. The van der Waals surface area contributed by atoms with E-state index in [0.29, 0.717) is 36.2 Å². The number of nitrogens with zero attached hydrogens (tertiary/aromatic N) is 5. The van der Waals surface area contributed by atoms with Gasteiger partial charge >= 0.3 is 0 Å². The summed E-state index contributed by atoms with van der Waals surface area (Å²) in [4.78, 5) is 28.2. The van der Waals surface area contributed by atoms with Gasteiger partial charge in [-0.3, -0.25) is 4.79 Å². The molecule has 0 bridgehead atoms. The van der Waals surface area contributed by atoms with Gasteiger partial charge in [-0.1, -0.05) is 0 Å². The number of carbonyl (C=O) groups excluding carboxylic acids is 1. The minimum atomic E-state index is -0.407. The molecule has 1 aliphatic heterocycles. The molecule has 1 saturated heterocycles. The molecule has 1 fully saturated rings. The Morgan fingerprint density at radius 1 is 1.19 bits per heavy atom. The summed E-state index contributed by atoms with van der Waals surface area (Å²) in [6.07, 6.45) is 5.67. The highest BCUT2D eigenvalue weighted by Gasteiger charge is 2.34. The average Bonchev–Trinajstić information content (AvgIpc) is 3.50. The first-order valence-electron chi connectivity index (χ1n) is 10.2. The van der Waals surface area contributed by atoms with Crippen LogP contribution in [0.5, 0.6) is 11.8 Å². The van der Waals surface area contributed by atoms with Gasteiger partial charge < -0.3 is 25.7 Å². The summed E-state index contributed by atoms with van der Waals surface area (Å²) in [5.74, 6) is 1.32. The van der Waals surface area contributed by atoms with Crippen LogP contribution in [0.3, 0.4) is 0 Å². The van der Waals surface area contributed by atoms with E-state index in [1.807, 2.05) is 4.90 Å². The van der Waals surface area contributed by atoms with Crippen LogP contribution in [0.1, 0.15) is 30.5 Å². The molecule has 2 aliphatic rings. The van der Waals surface area contributed by atoms with E-state index in [0.717, 1.165) is 36.9 Å². The Bertz CT molecular complexity index is 1110. The molecule has 1 atom stereocenters. The predicted octanol–water partition coefficient (Wildman–Crippen LogP) is 1.85. The Hall–Kier alpha value is -3.89. The lowest BCUT2D eigenvalue weighted by atomic mass is 10.2. The van der Waals surface area contributed by atoms with Crippen molar-refractivity contribution in [3.05, 3.63) is 35.7 Å². The minimum Gasteiger partial charge on any atom is -0.494 e. The largest absolute Gasteiger partial charge is 0.494 e. The predicted molar refractivity (Wildman–Crippen MR) is 112 cm³/mol. The molecule has 11 heteroatoms. The van der Waals surface area contributed by atoms with Crippen LogP contribution in [0.2, 0.25) is 0 Å². The number of hydrogen-bond acceptors (Lipinski definition) is 9. The topological polar surface area (TPSA) is 152 Å². The van der Waals surface area contributed by atoms with Crippen LogP contribution in [-0.4, -0.2) is 53.9 Å². The molecule has 0 radical (unpaired) electrons. The third kappa shape index (κ3) is 3.81. The first kappa shape index (κ1) is 19.1. The molecule has 31 heavy (non-hydrogen) atoms. The van der Waals surface area contributed by atoms with Gasteiger partial charge in [0.15, 0.2) is 5.82 Å². The maximum atomic E-state index is 12.9. The third-order valence-corrected chi connectivity index (χ3v) is 5.56. The van der Waals surface area contributed by atoms with E-state index in [1.54, 1.807) is 6.07 Å². The Kier molecular flexibility index (Phi) is 4.77. The number of nitrogens with one attached hydrogen (secondary N) is 3. The fraction of sp³-hybridized carbons (Fsp3) is 0.350. The summed E-state index contributed by atoms with van der Waals surface area (Å²) in [6, 6.07) is 4.11. The van der Waals surface area contributed by atoms with E-state index in [-0.39, 0.29) is 17.7 Å². The SMILES string of the molecule is O=C(Nc1ccc(O)nc1)[C@@H]1CCCN1c1nc2c(c(Nc3cc(O)[nH]n3)n1)CCC2.